The fraction of sp³-hybridized carbons (Fsp3) is 0.214. The van der Waals surface area contributed by atoms with Crippen LogP contribution in [0.5, 0.6) is 0 Å². The number of nitrogens with one attached hydrogen (secondary N) is 2. The van der Waals surface area contributed by atoms with Gasteiger partial charge < -0.3 is 15.2 Å². The third-order valence-corrected chi connectivity index (χ3v) is 6.61. The number of H-pyrrole nitrogens is 1. The topological polar surface area (TPSA) is 61.0 Å². The molecule has 2 aromatic carbocycles. The molecule has 5 nitrogen and oxygen atoms in total. The van der Waals surface area contributed by atoms with Gasteiger partial charge in [-0.3, -0.25) is 4.79 Å². The van der Waals surface area contributed by atoms with Crippen molar-refractivity contribution in [1.29, 1.82) is 0 Å². The summed E-state index contributed by atoms with van der Waals surface area (Å²) in [6, 6.07) is 22.0. The molecule has 3 heterocycles. The molecule has 4 aromatic rings. The lowest BCUT2D eigenvalue weighted by atomic mass is 9.86. The van der Waals surface area contributed by atoms with Crippen LogP contribution < -0.4 is 10.2 Å². The number of alkyl halides is 4. The maximum atomic E-state index is 15.4. The molecular formula is C28H24F4N4O. The van der Waals surface area contributed by atoms with Crippen molar-refractivity contribution in [2.75, 3.05) is 23.3 Å². The number of hydrogen-bond acceptors (Lipinski definition) is 3. The van der Waals surface area contributed by atoms with Gasteiger partial charge in [-0.05, 0) is 29.3 Å². The van der Waals surface area contributed by atoms with Crippen molar-refractivity contribution in [2.45, 2.75) is 24.7 Å². The third kappa shape index (κ3) is 5.21. The van der Waals surface area contributed by atoms with E-state index in [0.717, 1.165) is 0 Å². The van der Waals surface area contributed by atoms with E-state index in [9.17, 15) is 18.0 Å². The summed E-state index contributed by atoms with van der Waals surface area (Å²) in [5.41, 5.74) is -1.37. The minimum atomic E-state index is -4.73. The van der Waals surface area contributed by atoms with Crippen molar-refractivity contribution in [3.05, 3.63) is 102 Å². The van der Waals surface area contributed by atoms with Gasteiger partial charge in [0.05, 0.1) is 17.4 Å². The molecule has 1 aliphatic rings. The van der Waals surface area contributed by atoms with Crippen molar-refractivity contribution < 1.29 is 22.4 Å². The maximum absolute atomic E-state index is 15.4. The SMILES string of the molecule is O=C(Nc1ccc(N2CCC(F)(c3ccccc3)CC2)nc1)c1cc(-c2ccccc2)[nH]c1C(F)(F)F. The molecular weight excluding hydrogens is 484 g/mol. The van der Waals surface area contributed by atoms with Crippen molar-refractivity contribution >= 4 is 17.4 Å². The fourth-order valence-electron chi connectivity index (χ4n) is 4.59. The van der Waals surface area contributed by atoms with Crippen LogP contribution in [-0.2, 0) is 11.8 Å². The van der Waals surface area contributed by atoms with Gasteiger partial charge in [-0.1, -0.05) is 60.7 Å². The molecule has 0 saturated carbocycles. The Morgan fingerprint density at radius 1 is 0.946 bits per heavy atom. The minimum Gasteiger partial charge on any atom is -0.356 e. The smallest absolute Gasteiger partial charge is 0.356 e. The molecule has 0 bridgehead atoms. The third-order valence-electron chi connectivity index (χ3n) is 6.61. The summed E-state index contributed by atoms with van der Waals surface area (Å²) in [6.07, 6.45) is -2.72. The van der Waals surface area contributed by atoms with Crippen LogP contribution >= 0.6 is 0 Å². The Bertz CT molecular complexity index is 1360. The number of carbonyl (C=O) groups is 1. The number of pyridine rings is 1. The molecule has 0 unspecified atom stereocenters. The molecule has 2 N–H and O–H groups in total. The maximum Gasteiger partial charge on any atom is 0.432 e. The van der Waals surface area contributed by atoms with Crippen LogP contribution in [0.3, 0.4) is 0 Å². The number of nitrogens with zero attached hydrogens (tertiary/aromatic N) is 2. The molecule has 1 fully saturated rings. The zero-order valence-corrected chi connectivity index (χ0v) is 19.7. The van der Waals surface area contributed by atoms with Crippen LogP contribution in [0.2, 0.25) is 0 Å². The molecule has 5 rings (SSSR count). The number of halogens is 4. The Kier molecular flexibility index (Phi) is 6.45. The molecule has 0 atom stereocenters. The number of carbonyl (C=O) groups excluding carboxylic acids is 1. The molecule has 2 aromatic heterocycles. The molecule has 1 saturated heterocycles. The number of amides is 1. The molecule has 1 aliphatic heterocycles. The van der Waals surface area contributed by atoms with E-state index in [0.29, 0.717) is 42.9 Å². The van der Waals surface area contributed by atoms with E-state index in [-0.39, 0.29) is 11.4 Å². The normalized spacial score (nSPS) is 15.4. The van der Waals surface area contributed by atoms with Crippen LogP contribution in [0.4, 0.5) is 29.1 Å². The first-order chi connectivity index (χ1) is 17.7. The number of aromatic nitrogens is 2. The van der Waals surface area contributed by atoms with Crippen molar-refractivity contribution in [3.63, 3.8) is 0 Å². The van der Waals surface area contributed by atoms with Crippen molar-refractivity contribution in [3.8, 4) is 11.3 Å². The van der Waals surface area contributed by atoms with Gasteiger partial charge in [0.2, 0.25) is 0 Å². The van der Waals surface area contributed by atoms with Crippen molar-refractivity contribution in [2.24, 2.45) is 0 Å². The largest absolute Gasteiger partial charge is 0.432 e. The molecule has 0 radical (unpaired) electrons. The Morgan fingerprint density at radius 3 is 2.19 bits per heavy atom. The Morgan fingerprint density at radius 2 is 1.59 bits per heavy atom. The summed E-state index contributed by atoms with van der Waals surface area (Å²) >= 11 is 0. The number of anilines is 2. The van der Waals surface area contributed by atoms with Gasteiger partial charge in [-0.15, -0.1) is 0 Å². The summed E-state index contributed by atoms with van der Waals surface area (Å²) in [5.74, 6) is -0.291. The second kappa shape index (κ2) is 9.72. The number of benzene rings is 2. The monoisotopic (exact) mass is 508 g/mol. The summed E-state index contributed by atoms with van der Waals surface area (Å²) < 4.78 is 56.3. The zero-order chi connectivity index (χ0) is 26.0. The van der Waals surface area contributed by atoms with E-state index in [4.69, 9.17) is 0 Å². The van der Waals surface area contributed by atoms with Gasteiger partial charge in [0.25, 0.3) is 5.91 Å². The lowest BCUT2D eigenvalue weighted by Gasteiger charge is -2.37. The molecule has 9 heteroatoms. The lowest BCUT2D eigenvalue weighted by molar-refractivity contribution is -0.141. The number of aromatic amines is 1. The average Bonchev–Trinajstić information content (AvgIpc) is 3.38. The van der Waals surface area contributed by atoms with Gasteiger partial charge >= 0.3 is 6.18 Å². The highest BCUT2D eigenvalue weighted by Crippen LogP contribution is 2.38. The average molecular weight is 509 g/mol. The first kappa shape index (κ1) is 24.5. The number of rotatable bonds is 5. The van der Waals surface area contributed by atoms with Crippen LogP contribution in [0.15, 0.2) is 85.1 Å². The fourth-order valence-corrected chi connectivity index (χ4v) is 4.59. The summed E-state index contributed by atoms with van der Waals surface area (Å²) in [5, 5.41) is 2.50. The minimum absolute atomic E-state index is 0.191. The van der Waals surface area contributed by atoms with E-state index < -0.39 is 29.0 Å². The first-order valence-electron chi connectivity index (χ1n) is 11.9. The van der Waals surface area contributed by atoms with E-state index >= 15 is 4.39 Å². The van der Waals surface area contributed by atoms with Gasteiger partial charge in [0, 0.05) is 31.6 Å². The zero-order valence-electron chi connectivity index (χ0n) is 19.7. The van der Waals surface area contributed by atoms with Crippen LogP contribution in [0.25, 0.3) is 11.3 Å². The Hall–Kier alpha value is -4.14. The van der Waals surface area contributed by atoms with E-state index in [1.165, 1.54) is 12.3 Å². The van der Waals surface area contributed by atoms with E-state index in [1.807, 2.05) is 23.1 Å². The van der Waals surface area contributed by atoms with E-state index in [1.54, 1.807) is 54.6 Å². The van der Waals surface area contributed by atoms with Gasteiger partial charge in [0.1, 0.15) is 17.2 Å². The van der Waals surface area contributed by atoms with Gasteiger partial charge in [0.15, 0.2) is 0 Å². The first-order valence-corrected chi connectivity index (χ1v) is 11.9. The molecule has 0 spiro atoms. The number of piperidine rings is 1. The number of hydrogen-bond donors (Lipinski definition) is 2. The molecule has 37 heavy (non-hydrogen) atoms. The summed E-state index contributed by atoms with van der Waals surface area (Å²) in [6.45, 7) is 0.926. The highest BCUT2D eigenvalue weighted by atomic mass is 19.4. The van der Waals surface area contributed by atoms with Crippen LogP contribution in [0, 0.1) is 0 Å². The Balaban J connectivity index is 1.28. The predicted octanol–water partition coefficient (Wildman–Crippen LogP) is 6.81. The lowest BCUT2D eigenvalue weighted by Crippen LogP contribution is -2.40. The highest BCUT2D eigenvalue weighted by Gasteiger charge is 2.38. The second-order valence-corrected chi connectivity index (χ2v) is 9.01. The molecule has 190 valence electrons. The quantitative estimate of drug-likeness (QED) is 0.291. The molecule has 1 amide bonds. The van der Waals surface area contributed by atoms with Gasteiger partial charge in [-0.25, -0.2) is 9.37 Å². The van der Waals surface area contributed by atoms with E-state index in [2.05, 4.69) is 15.3 Å². The standard InChI is InChI=1S/C28H24F4N4O/c29-27(20-9-5-2-6-10-20)13-15-36(16-14-27)24-12-11-21(18-33-24)34-26(37)22-17-23(19-7-3-1-4-8-19)35-25(22)28(30,31)32/h1-12,17-18,35H,13-16H2,(H,34,37). The van der Waals surface area contributed by atoms with Crippen LogP contribution in [0.1, 0.15) is 34.5 Å². The van der Waals surface area contributed by atoms with Crippen LogP contribution in [-0.4, -0.2) is 29.0 Å². The summed E-state index contributed by atoms with van der Waals surface area (Å²) in [7, 11) is 0. The van der Waals surface area contributed by atoms with Crippen molar-refractivity contribution in [1.82, 2.24) is 9.97 Å². The van der Waals surface area contributed by atoms with Gasteiger partial charge in [-0.2, -0.15) is 13.2 Å². The molecule has 0 aliphatic carbocycles. The predicted molar refractivity (Wildman–Crippen MR) is 134 cm³/mol. The summed E-state index contributed by atoms with van der Waals surface area (Å²) in [4.78, 5) is 21.4. The Labute approximate surface area is 211 Å². The second-order valence-electron chi connectivity index (χ2n) is 9.01. The highest BCUT2D eigenvalue weighted by molar-refractivity contribution is 6.06.